The molecule has 0 bridgehead atoms. The van der Waals surface area contributed by atoms with Crippen LogP contribution in [0.5, 0.6) is 11.5 Å². The van der Waals surface area contributed by atoms with Crippen LogP contribution in [-0.4, -0.2) is 125 Å². The Hall–Kier alpha value is -4.06. The fourth-order valence-corrected chi connectivity index (χ4v) is 10.5. The third kappa shape index (κ3) is 14.0. The highest BCUT2D eigenvalue weighted by atomic mass is 32.2. The molecular formula is C43H60N3O13PS. The number of sulfonamides is 1. The number of carbonyl (C=O) groups is 2. The molecule has 7 atom stereocenters. The average Bonchev–Trinajstić information content (AvgIpc) is 3.86. The quantitative estimate of drug-likeness (QED) is 0.0901. The van der Waals surface area contributed by atoms with Crippen molar-refractivity contribution in [2.24, 2.45) is 11.8 Å². The van der Waals surface area contributed by atoms with Gasteiger partial charge in [-0.05, 0) is 87.2 Å². The van der Waals surface area contributed by atoms with Crippen LogP contribution < -0.4 is 14.6 Å². The van der Waals surface area contributed by atoms with Gasteiger partial charge in [-0.15, -0.1) is 0 Å². The number of alkyl carbamates (subject to hydrolysis) is 1. The molecule has 2 aliphatic rings. The standard InChI is InChI=1S/C43H60N3O13PS/c1-7-54-41(48)31(4)58-60(50,59-35-11-9-8-10-12-35)24-22-45(5)27-33-15-13-32(14-16-33)25-38(44-43(49)57-40-29-56-42-37(40)21-23-55-42)39(47)28-46(26-30(2)3)61(51,52)36-19-17-34(53-6)18-20-36/h8-20,30-31,37-40,42,47H,7,21-29H2,1-6H3,(H,44,49)/t31-,37-,38-,39+,40-,42+,60?/m0/s1. The summed E-state index contributed by atoms with van der Waals surface area (Å²) < 4.78 is 81.9. The molecule has 0 spiro atoms. The molecule has 16 nitrogen and oxygen atoms in total. The maximum atomic E-state index is 14.0. The van der Waals surface area contributed by atoms with Gasteiger partial charge in [0.1, 0.15) is 17.6 Å². The van der Waals surface area contributed by atoms with Crippen LogP contribution in [0.25, 0.3) is 0 Å². The predicted molar refractivity (Wildman–Crippen MR) is 227 cm³/mol. The first-order chi connectivity index (χ1) is 29.1. The lowest BCUT2D eigenvalue weighted by atomic mass is 9.99. The number of carbonyl (C=O) groups excluding carboxylic acids is 2. The van der Waals surface area contributed by atoms with Crippen molar-refractivity contribution in [3.05, 3.63) is 90.0 Å². The molecule has 2 heterocycles. The molecule has 1 unspecified atom stereocenters. The maximum Gasteiger partial charge on any atom is 0.407 e. The first kappa shape index (κ1) is 48.0. The number of aliphatic hydroxyl groups is 1. The van der Waals surface area contributed by atoms with Gasteiger partial charge >= 0.3 is 19.7 Å². The van der Waals surface area contributed by atoms with Gasteiger partial charge in [0.05, 0.1) is 56.1 Å². The highest BCUT2D eigenvalue weighted by Crippen LogP contribution is 2.49. The van der Waals surface area contributed by atoms with E-state index in [1.807, 2.05) is 50.1 Å². The largest absolute Gasteiger partial charge is 0.497 e. The van der Waals surface area contributed by atoms with Crippen molar-refractivity contribution in [3.63, 3.8) is 0 Å². The van der Waals surface area contributed by atoms with Crippen molar-refractivity contribution in [3.8, 4) is 11.5 Å². The van der Waals surface area contributed by atoms with E-state index in [4.69, 9.17) is 32.7 Å². The molecule has 2 aliphatic heterocycles. The number of esters is 1. The second kappa shape index (κ2) is 22.3. The van der Waals surface area contributed by atoms with Gasteiger partial charge in [0, 0.05) is 26.2 Å². The number of rotatable bonds is 23. The first-order valence-electron chi connectivity index (χ1n) is 20.6. The lowest BCUT2D eigenvalue weighted by molar-refractivity contribution is -0.150. The average molecular weight is 890 g/mol. The molecule has 2 saturated heterocycles. The Morgan fingerprint density at radius 1 is 0.951 bits per heavy atom. The van der Waals surface area contributed by atoms with Crippen LogP contribution in [0.3, 0.4) is 0 Å². The van der Waals surface area contributed by atoms with Crippen molar-refractivity contribution in [1.29, 1.82) is 0 Å². The summed E-state index contributed by atoms with van der Waals surface area (Å²) in [5.74, 6) is 0.0452. The van der Waals surface area contributed by atoms with E-state index in [1.165, 1.54) is 30.5 Å². The zero-order valence-corrected chi connectivity index (χ0v) is 37.4. The molecule has 0 aliphatic carbocycles. The minimum Gasteiger partial charge on any atom is -0.497 e. The molecule has 0 aromatic heterocycles. The molecule has 2 N–H and O–H groups in total. The van der Waals surface area contributed by atoms with E-state index in [1.54, 1.807) is 49.4 Å². The number of benzene rings is 3. The minimum absolute atomic E-state index is 0.00895. The highest BCUT2D eigenvalue weighted by Gasteiger charge is 2.44. The number of methoxy groups -OCH3 is 1. The number of hydrogen-bond donors (Lipinski definition) is 2. The summed E-state index contributed by atoms with van der Waals surface area (Å²) in [6, 6.07) is 21.3. The van der Waals surface area contributed by atoms with Crippen LogP contribution in [0, 0.1) is 11.8 Å². The van der Waals surface area contributed by atoms with E-state index >= 15 is 0 Å². The summed E-state index contributed by atoms with van der Waals surface area (Å²) >= 11 is 0. The topological polar surface area (TPSA) is 189 Å². The Kier molecular flexibility index (Phi) is 17.6. The molecule has 3 aromatic rings. The van der Waals surface area contributed by atoms with Crippen molar-refractivity contribution in [1.82, 2.24) is 14.5 Å². The van der Waals surface area contributed by atoms with Crippen LogP contribution >= 0.6 is 7.60 Å². The van der Waals surface area contributed by atoms with Gasteiger partial charge in [-0.3, -0.25) is 4.52 Å². The zero-order valence-electron chi connectivity index (χ0n) is 35.7. The summed E-state index contributed by atoms with van der Waals surface area (Å²) in [5, 5.41) is 14.6. The van der Waals surface area contributed by atoms with Gasteiger partial charge in [0.2, 0.25) is 10.0 Å². The van der Waals surface area contributed by atoms with E-state index in [2.05, 4.69) is 5.32 Å². The Morgan fingerprint density at radius 3 is 2.30 bits per heavy atom. The number of aliphatic hydroxyl groups excluding tert-OH is 1. The fourth-order valence-electron chi connectivity index (χ4n) is 7.09. The normalized spacial score (nSPS) is 20.1. The fraction of sp³-hybridized carbons (Fsp3) is 0.535. The Morgan fingerprint density at radius 2 is 1.64 bits per heavy atom. The summed E-state index contributed by atoms with van der Waals surface area (Å²) in [5.41, 5.74) is 1.68. The van der Waals surface area contributed by atoms with Gasteiger partial charge in [0.15, 0.2) is 12.4 Å². The zero-order chi connectivity index (χ0) is 44.2. The Bertz CT molecular complexity index is 2010. The Balaban J connectivity index is 1.28. The lowest BCUT2D eigenvalue weighted by Crippen LogP contribution is -2.51. The number of nitrogens with one attached hydrogen (secondary N) is 1. The molecule has 61 heavy (non-hydrogen) atoms. The lowest BCUT2D eigenvalue weighted by Gasteiger charge is -2.31. The molecule has 0 radical (unpaired) electrons. The van der Waals surface area contributed by atoms with E-state index < -0.39 is 60.3 Å². The van der Waals surface area contributed by atoms with Crippen molar-refractivity contribution >= 4 is 29.7 Å². The molecule has 336 valence electrons. The summed E-state index contributed by atoms with van der Waals surface area (Å²) in [6.07, 6.45) is -3.32. The monoisotopic (exact) mass is 889 g/mol. The van der Waals surface area contributed by atoms with Crippen LogP contribution in [0.2, 0.25) is 0 Å². The van der Waals surface area contributed by atoms with E-state index in [-0.39, 0.29) is 55.6 Å². The molecule has 2 fully saturated rings. The molecule has 0 saturated carbocycles. The number of amides is 1. The molecule has 5 rings (SSSR count). The van der Waals surface area contributed by atoms with Crippen LogP contribution in [-0.2, 0) is 55.8 Å². The number of para-hydroxylation sites is 1. The smallest absolute Gasteiger partial charge is 0.407 e. The summed E-state index contributed by atoms with van der Waals surface area (Å²) in [4.78, 5) is 27.7. The van der Waals surface area contributed by atoms with Crippen LogP contribution in [0.1, 0.15) is 45.2 Å². The van der Waals surface area contributed by atoms with Crippen molar-refractivity contribution in [2.45, 2.75) is 82.6 Å². The number of nitrogens with zero attached hydrogens (tertiary/aromatic N) is 2. The third-order valence-electron chi connectivity index (χ3n) is 10.3. The molecular weight excluding hydrogens is 830 g/mol. The minimum atomic E-state index is -4.05. The SMILES string of the molecule is CCOC(=O)[C@H](C)OP(=O)(CCN(C)Cc1ccc(C[C@H](NC(=O)O[C@H]2CO[C@H]3OCC[C@H]32)[C@H](O)CN(CC(C)C)S(=O)(=O)c2ccc(OC)cc2)cc1)Oc1ccccc1. The molecule has 1 amide bonds. The van der Waals surface area contributed by atoms with Crippen molar-refractivity contribution < 1.29 is 60.4 Å². The first-order valence-corrected chi connectivity index (χ1v) is 23.7. The predicted octanol–water partition coefficient (Wildman–Crippen LogP) is 5.47. The molecule has 18 heteroatoms. The van der Waals surface area contributed by atoms with Gasteiger partial charge in [-0.25, -0.2) is 22.6 Å². The van der Waals surface area contributed by atoms with Crippen LogP contribution in [0.4, 0.5) is 4.79 Å². The second-order valence-corrected chi connectivity index (χ2v) is 19.7. The van der Waals surface area contributed by atoms with E-state index in [9.17, 15) is 27.7 Å². The van der Waals surface area contributed by atoms with Gasteiger partial charge in [-0.2, -0.15) is 4.31 Å². The van der Waals surface area contributed by atoms with Crippen molar-refractivity contribution in [2.75, 3.05) is 59.8 Å². The van der Waals surface area contributed by atoms with Gasteiger partial charge in [-0.1, -0.05) is 56.3 Å². The number of hydrogen-bond acceptors (Lipinski definition) is 14. The number of fused-ring (bicyclic) bond motifs is 1. The highest BCUT2D eigenvalue weighted by molar-refractivity contribution is 7.89. The third-order valence-corrected chi connectivity index (χ3v) is 14.0. The Labute approximate surface area is 359 Å². The van der Waals surface area contributed by atoms with E-state index in [0.717, 1.165) is 11.1 Å². The second-order valence-electron chi connectivity index (χ2n) is 15.7. The number of ether oxygens (including phenoxy) is 5. The van der Waals surface area contributed by atoms with Gasteiger partial charge in [0.25, 0.3) is 0 Å². The van der Waals surface area contributed by atoms with Crippen LogP contribution in [0.15, 0.2) is 83.8 Å². The molecule has 3 aromatic carbocycles. The summed E-state index contributed by atoms with van der Waals surface area (Å²) in [7, 11) is -4.52. The summed E-state index contributed by atoms with van der Waals surface area (Å²) in [6.45, 7) is 8.35. The maximum absolute atomic E-state index is 14.0. The van der Waals surface area contributed by atoms with Gasteiger partial charge < -0.3 is 43.5 Å². The van der Waals surface area contributed by atoms with E-state index in [0.29, 0.717) is 37.6 Å².